The van der Waals surface area contributed by atoms with E-state index in [9.17, 15) is 4.79 Å². The molecule has 0 radical (unpaired) electrons. The van der Waals surface area contributed by atoms with E-state index < -0.39 is 0 Å². The molecule has 1 fully saturated rings. The lowest BCUT2D eigenvalue weighted by atomic mass is 10.1. The van der Waals surface area contributed by atoms with Gasteiger partial charge in [-0.15, -0.1) is 0 Å². The fourth-order valence-corrected chi connectivity index (χ4v) is 2.28. The number of rotatable bonds is 3. The van der Waals surface area contributed by atoms with Gasteiger partial charge in [0.15, 0.2) is 0 Å². The number of aryl methyl sites for hydroxylation is 2. The molecule has 0 aromatic heterocycles. The number of hydrogen-bond donors (Lipinski definition) is 2. The largest absolute Gasteiger partial charge is 0.376 e. The Bertz CT molecular complexity index is 405. The van der Waals surface area contributed by atoms with Crippen LogP contribution in [0.25, 0.3) is 0 Å². The Morgan fingerprint density at radius 3 is 2.50 bits per heavy atom. The number of amides is 1. The van der Waals surface area contributed by atoms with Gasteiger partial charge in [-0.25, -0.2) is 0 Å². The Balaban J connectivity index is 1.92. The summed E-state index contributed by atoms with van der Waals surface area (Å²) in [6.45, 7) is 7.92. The Morgan fingerprint density at radius 2 is 1.89 bits per heavy atom. The number of hydrogen-bond acceptors (Lipinski definition) is 3. The molecule has 18 heavy (non-hydrogen) atoms. The first-order valence-corrected chi connectivity index (χ1v) is 6.47. The first-order valence-electron chi connectivity index (χ1n) is 6.47. The molecule has 0 bridgehead atoms. The van der Waals surface area contributed by atoms with Crippen molar-refractivity contribution in [2.24, 2.45) is 0 Å². The molecule has 1 aromatic carbocycles. The maximum atomic E-state index is 12.0. The van der Waals surface area contributed by atoms with Gasteiger partial charge in [0.2, 0.25) is 5.91 Å². The minimum absolute atomic E-state index is 0.180. The lowest BCUT2D eigenvalue weighted by Crippen LogP contribution is -2.48. The van der Waals surface area contributed by atoms with Crippen LogP contribution < -0.4 is 10.6 Å². The average molecular weight is 247 g/mol. The molecule has 0 atom stereocenters. The first kappa shape index (κ1) is 12.9. The van der Waals surface area contributed by atoms with Crippen LogP contribution in [0.3, 0.4) is 0 Å². The normalized spacial score (nSPS) is 15.6. The monoisotopic (exact) mass is 247 g/mol. The lowest BCUT2D eigenvalue weighted by Gasteiger charge is -2.27. The minimum Gasteiger partial charge on any atom is -0.376 e. The van der Waals surface area contributed by atoms with Gasteiger partial charge in [-0.1, -0.05) is 18.2 Å². The minimum atomic E-state index is 0.180. The van der Waals surface area contributed by atoms with Crippen molar-refractivity contribution in [3.8, 4) is 0 Å². The fourth-order valence-electron chi connectivity index (χ4n) is 2.28. The van der Waals surface area contributed by atoms with Crippen LogP contribution >= 0.6 is 0 Å². The van der Waals surface area contributed by atoms with Crippen molar-refractivity contribution in [3.63, 3.8) is 0 Å². The number of benzene rings is 1. The molecule has 1 aliphatic heterocycles. The van der Waals surface area contributed by atoms with Gasteiger partial charge in [-0.2, -0.15) is 0 Å². The van der Waals surface area contributed by atoms with E-state index >= 15 is 0 Å². The highest BCUT2D eigenvalue weighted by atomic mass is 16.2. The molecule has 2 N–H and O–H groups in total. The van der Waals surface area contributed by atoms with Crippen LogP contribution in [0, 0.1) is 13.8 Å². The highest BCUT2D eigenvalue weighted by molar-refractivity contribution is 5.81. The van der Waals surface area contributed by atoms with Crippen molar-refractivity contribution < 1.29 is 4.79 Å². The molecule has 1 saturated heterocycles. The van der Waals surface area contributed by atoms with Gasteiger partial charge >= 0.3 is 0 Å². The summed E-state index contributed by atoms with van der Waals surface area (Å²) in [4.78, 5) is 13.9. The molecule has 0 saturated carbocycles. The third kappa shape index (κ3) is 3.01. The molecule has 1 aromatic rings. The predicted molar refractivity (Wildman–Crippen MR) is 73.9 cm³/mol. The highest BCUT2D eigenvalue weighted by Gasteiger charge is 2.15. The zero-order valence-electron chi connectivity index (χ0n) is 11.1. The standard InChI is InChI=1S/C14H21N3O/c1-11-4-3-5-12(2)14(11)16-10-13(18)17-8-6-15-7-9-17/h3-5,15-16H,6-10H2,1-2H3. The number of nitrogens with one attached hydrogen (secondary N) is 2. The van der Waals surface area contributed by atoms with E-state index in [0.717, 1.165) is 31.9 Å². The van der Waals surface area contributed by atoms with Crippen LogP contribution in [0.5, 0.6) is 0 Å². The van der Waals surface area contributed by atoms with Crippen molar-refractivity contribution in [3.05, 3.63) is 29.3 Å². The molecule has 2 rings (SSSR count). The van der Waals surface area contributed by atoms with E-state index in [-0.39, 0.29) is 5.91 Å². The second kappa shape index (κ2) is 5.87. The first-order chi connectivity index (χ1) is 8.68. The average Bonchev–Trinajstić information content (AvgIpc) is 2.39. The SMILES string of the molecule is Cc1cccc(C)c1NCC(=O)N1CCNCC1. The third-order valence-corrected chi connectivity index (χ3v) is 3.37. The molecule has 1 heterocycles. The Morgan fingerprint density at radius 1 is 1.28 bits per heavy atom. The molecule has 4 nitrogen and oxygen atoms in total. The summed E-state index contributed by atoms with van der Waals surface area (Å²) in [5.41, 5.74) is 3.45. The van der Waals surface area contributed by atoms with Gasteiger partial charge < -0.3 is 15.5 Å². The zero-order valence-corrected chi connectivity index (χ0v) is 11.1. The van der Waals surface area contributed by atoms with Crippen LogP contribution in [-0.4, -0.2) is 43.5 Å². The topological polar surface area (TPSA) is 44.4 Å². The zero-order chi connectivity index (χ0) is 13.0. The maximum absolute atomic E-state index is 12.0. The number of carbonyl (C=O) groups is 1. The van der Waals surface area contributed by atoms with E-state index in [1.807, 2.05) is 11.0 Å². The molecule has 0 spiro atoms. The van der Waals surface area contributed by atoms with Gasteiger partial charge in [0, 0.05) is 31.9 Å². The number of carbonyl (C=O) groups excluding carboxylic acids is 1. The molecule has 0 unspecified atom stereocenters. The van der Waals surface area contributed by atoms with Crippen molar-refractivity contribution in [1.82, 2.24) is 10.2 Å². The highest BCUT2D eigenvalue weighted by Crippen LogP contribution is 2.18. The molecule has 0 aliphatic carbocycles. The smallest absolute Gasteiger partial charge is 0.241 e. The summed E-state index contributed by atoms with van der Waals surface area (Å²) in [5, 5.41) is 6.51. The molecular formula is C14H21N3O. The lowest BCUT2D eigenvalue weighted by molar-refractivity contribution is -0.129. The number of nitrogens with zero attached hydrogens (tertiary/aromatic N) is 1. The van der Waals surface area contributed by atoms with E-state index in [0.29, 0.717) is 6.54 Å². The van der Waals surface area contributed by atoms with E-state index in [4.69, 9.17) is 0 Å². The van der Waals surface area contributed by atoms with Crippen LogP contribution in [0.2, 0.25) is 0 Å². The number of anilines is 1. The summed E-state index contributed by atoms with van der Waals surface area (Å²) in [6, 6.07) is 6.16. The van der Waals surface area contributed by atoms with Gasteiger partial charge in [-0.3, -0.25) is 4.79 Å². The van der Waals surface area contributed by atoms with Crippen molar-refractivity contribution in [1.29, 1.82) is 0 Å². The second-order valence-corrected chi connectivity index (χ2v) is 4.75. The molecule has 4 heteroatoms. The molecule has 1 amide bonds. The summed E-state index contributed by atoms with van der Waals surface area (Å²) >= 11 is 0. The number of para-hydroxylation sites is 1. The van der Waals surface area contributed by atoms with Crippen molar-refractivity contribution >= 4 is 11.6 Å². The second-order valence-electron chi connectivity index (χ2n) is 4.75. The van der Waals surface area contributed by atoms with Crippen LogP contribution in [0.1, 0.15) is 11.1 Å². The van der Waals surface area contributed by atoms with Gasteiger partial charge in [-0.05, 0) is 25.0 Å². The van der Waals surface area contributed by atoms with Crippen LogP contribution in [0.4, 0.5) is 5.69 Å². The fraction of sp³-hybridized carbons (Fsp3) is 0.500. The third-order valence-electron chi connectivity index (χ3n) is 3.37. The van der Waals surface area contributed by atoms with E-state index in [1.54, 1.807) is 0 Å². The summed E-state index contributed by atoms with van der Waals surface area (Å²) in [6.07, 6.45) is 0. The quantitative estimate of drug-likeness (QED) is 0.842. The number of piperazine rings is 1. The molecule has 98 valence electrons. The molecule has 1 aliphatic rings. The van der Waals surface area contributed by atoms with Crippen LogP contribution in [0.15, 0.2) is 18.2 Å². The summed E-state index contributed by atoms with van der Waals surface area (Å²) < 4.78 is 0. The van der Waals surface area contributed by atoms with Gasteiger partial charge in [0.05, 0.1) is 6.54 Å². The van der Waals surface area contributed by atoms with Crippen molar-refractivity contribution in [2.75, 3.05) is 38.0 Å². The maximum Gasteiger partial charge on any atom is 0.241 e. The summed E-state index contributed by atoms with van der Waals surface area (Å²) in [7, 11) is 0. The molecular weight excluding hydrogens is 226 g/mol. The van der Waals surface area contributed by atoms with E-state index in [1.165, 1.54) is 11.1 Å². The van der Waals surface area contributed by atoms with Crippen molar-refractivity contribution in [2.45, 2.75) is 13.8 Å². The van der Waals surface area contributed by atoms with Crippen LogP contribution in [-0.2, 0) is 4.79 Å². The van der Waals surface area contributed by atoms with Gasteiger partial charge in [0.25, 0.3) is 0 Å². The Labute approximate surface area is 108 Å². The summed E-state index contributed by atoms with van der Waals surface area (Å²) in [5.74, 6) is 0.180. The predicted octanol–water partition coefficient (Wildman–Crippen LogP) is 1.15. The van der Waals surface area contributed by atoms with Gasteiger partial charge in [0.1, 0.15) is 0 Å². The Kier molecular flexibility index (Phi) is 4.20. The van der Waals surface area contributed by atoms with E-state index in [2.05, 4.69) is 36.6 Å². The Hall–Kier alpha value is -1.55.